The molecular weight excluding hydrogens is 298 g/mol. The van der Waals surface area contributed by atoms with Crippen molar-refractivity contribution >= 4 is 11.6 Å². The fraction of sp³-hybridized carbons (Fsp3) is 0.333. The Morgan fingerprint density at radius 3 is 2.35 bits per heavy atom. The summed E-state index contributed by atoms with van der Waals surface area (Å²) < 4.78 is 9.94. The van der Waals surface area contributed by atoms with Crippen LogP contribution in [0.25, 0.3) is 0 Å². The van der Waals surface area contributed by atoms with Crippen molar-refractivity contribution in [3.05, 3.63) is 35.7 Å². The molecule has 0 radical (unpaired) electrons. The number of methoxy groups -OCH3 is 2. The van der Waals surface area contributed by atoms with E-state index in [1.165, 1.54) is 14.2 Å². The van der Waals surface area contributed by atoms with Crippen molar-refractivity contribution in [3.8, 4) is 12.0 Å². The van der Waals surface area contributed by atoms with Gasteiger partial charge in [0.05, 0.1) is 20.8 Å². The Morgan fingerprint density at radius 2 is 1.78 bits per heavy atom. The predicted molar refractivity (Wildman–Crippen MR) is 84.9 cm³/mol. The van der Waals surface area contributed by atoms with Crippen molar-refractivity contribution in [2.45, 2.75) is 6.54 Å². The summed E-state index contributed by atoms with van der Waals surface area (Å²) in [5.74, 6) is 0.137. The number of nitrogens with one attached hydrogen (secondary N) is 1. The zero-order valence-corrected chi connectivity index (χ0v) is 13.5. The predicted octanol–water partition coefficient (Wildman–Crippen LogP) is 0.885. The van der Waals surface area contributed by atoms with Gasteiger partial charge >= 0.3 is 12.0 Å². The number of carbonyl (C=O) groups excluding carboxylic acids is 1. The van der Waals surface area contributed by atoms with E-state index in [1.54, 1.807) is 6.07 Å². The third-order valence-electron chi connectivity index (χ3n) is 3.04. The minimum absolute atomic E-state index is 0.135. The minimum atomic E-state index is -0.216. The van der Waals surface area contributed by atoms with E-state index in [0.29, 0.717) is 11.4 Å². The van der Waals surface area contributed by atoms with Crippen LogP contribution in [0.3, 0.4) is 0 Å². The first-order valence-electron chi connectivity index (χ1n) is 6.92. The summed E-state index contributed by atoms with van der Waals surface area (Å²) in [7, 11) is 6.73. The van der Waals surface area contributed by atoms with E-state index in [0.717, 1.165) is 5.69 Å². The highest BCUT2D eigenvalue weighted by atomic mass is 16.5. The molecule has 0 aliphatic heterocycles. The molecule has 0 aliphatic carbocycles. The van der Waals surface area contributed by atoms with Gasteiger partial charge in [0, 0.05) is 25.3 Å². The quantitative estimate of drug-likeness (QED) is 0.846. The monoisotopic (exact) mass is 317 g/mol. The Bertz CT molecular complexity index is 668. The molecule has 1 N–H and O–H groups in total. The number of carbonyl (C=O) groups is 1. The lowest BCUT2D eigenvalue weighted by molar-refractivity contribution is 0.0949. The van der Waals surface area contributed by atoms with Crippen molar-refractivity contribution in [3.63, 3.8) is 0 Å². The summed E-state index contributed by atoms with van der Waals surface area (Å²) in [5, 5.41) is 2.76. The van der Waals surface area contributed by atoms with Crippen LogP contribution in [0.2, 0.25) is 0 Å². The van der Waals surface area contributed by atoms with Crippen LogP contribution >= 0.6 is 0 Å². The summed E-state index contributed by atoms with van der Waals surface area (Å²) in [6, 6.07) is 7.59. The Hall–Kier alpha value is -2.90. The smallest absolute Gasteiger partial charge is 0.322 e. The van der Waals surface area contributed by atoms with Crippen LogP contribution in [0.15, 0.2) is 24.3 Å². The second-order valence-corrected chi connectivity index (χ2v) is 4.85. The largest absolute Gasteiger partial charge is 0.467 e. The van der Waals surface area contributed by atoms with Crippen molar-refractivity contribution < 1.29 is 14.3 Å². The van der Waals surface area contributed by atoms with Crippen molar-refractivity contribution in [2.75, 3.05) is 33.2 Å². The van der Waals surface area contributed by atoms with E-state index in [-0.39, 0.29) is 24.5 Å². The standard InChI is InChI=1S/C15H19N5O3/c1-20(2)11-7-5-6-10(8-11)13(21)16-9-12-17-14(22-3)19-15(18-12)23-4/h5-8H,9H2,1-4H3,(H,16,21). The highest BCUT2D eigenvalue weighted by molar-refractivity contribution is 5.95. The van der Waals surface area contributed by atoms with Crippen molar-refractivity contribution in [1.82, 2.24) is 20.3 Å². The molecular formula is C15H19N5O3. The zero-order chi connectivity index (χ0) is 16.8. The highest BCUT2D eigenvalue weighted by Crippen LogP contribution is 2.13. The van der Waals surface area contributed by atoms with Gasteiger partial charge in [-0.3, -0.25) is 4.79 Å². The molecule has 122 valence electrons. The third-order valence-corrected chi connectivity index (χ3v) is 3.04. The lowest BCUT2D eigenvalue weighted by Gasteiger charge is -2.13. The number of rotatable bonds is 6. The maximum Gasteiger partial charge on any atom is 0.322 e. The van der Waals surface area contributed by atoms with Crippen LogP contribution < -0.4 is 19.7 Å². The molecule has 0 unspecified atom stereocenters. The second kappa shape index (κ2) is 7.39. The Labute approximate surface area is 134 Å². The molecule has 1 heterocycles. The van der Waals surface area contributed by atoms with Crippen LogP contribution in [0.5, 0.6) is 12.0 Å². The Morgan fingerprint density at radius 1 is 1.13 bits per heavy atom. The van der Waals surface area contributed by atoms with Crippen molar-refractivity contribution in [1.29, 1.82) is 0 Å². The number of ether oxygens (including phenoxy) is 2. The number of amides is 1. The molecule has 2 rings (SSSR count). The van der Waals surface area contributed by atoms with Crippen LogP contribution in [-0.4, -0.2) is 49.2 Å². The fourth-order valence-electron chi connectivity index (χ4n) is 1.83. The van der Waals surface area contributed by atoms with Gasteiger partial charge in [0.15, 0.2) is 5.82 Å². The van der Waals surface area contributed by atoms with Gasteiger partial charge < -0.3 is 19.7 Å². The third kappa shape index (κ3) is 4.29. The number of hydrogen-bond acceptors (Lipinski definition) is 7. The fourth-order valence-corrected chi connectivity index (χ4v) is 1.83. The molecule has 8 heteroatoms. The van der Waals surface area contributed by atoms with Crippen LogP contribution in [-0.2, 0) is 6.54 Å². The first kappa shape index (κ1) is 16.5. The molecule has 0 aliphatic rings. The van der Waals surface area contributed by atoms with Gasteiger partial charge in [0.1, 0.15) is 0 Å². The Kier molecular flexibility index (Phi) is 5.29. The van der Waals surface area contributed by atoms with Crippen molar-refractivity contribution in [2.24, 2.45) is 0 Å². The first-order chi connectivity index (χ1) is 11.0. The molecule has 0 bridgehead atoms. The maximum atomic E-state index is 12.2. The molecule has 1 amide bonds. The molecule has 1 aromatic carbocycles. The first-order valence-corrected chi connectivity index (χ1v) is 6.92. The number of hydrogen-bond donors (Lipinski definition) is 1. The molecule has 1 aromatic heterocycles. The van der Waals surface area contributed by atoms with Crippen LogP contribution in [0, 0.1) is 0 Å². The highest BCUT2D eigenvalue weighted by Gasteiger charge is 2.10. The molecule has 0 fully saturated rings. The van der Waals surface area contributed by atoms with Gasteiger partial charge in [0.2, 0.25) is 0 Å². The Balaban J connectivity index is 2.08. The molecule has 0 saturated carbocycles. The van der Waals surface area contributed by atoms with E-state index in [9.17, 15) is 4.79 Å². The molecule has 23 heavy (non-hydrogen) atoms. The van der Waals surface area contributed by atoms with Crippen LogP contribution in [0.4, 0.5) is 5.69 Å². The number of nitrogens with zero attached hydrogens (tertiary/aromatic N) is 4. The number of anilines is 1. The van der Waals surface area contributed by atoms with E-state index in [4.69, 9.17) is 9.47 Å². The molecule has 2 aromatic rings. The maximum absolute atomic E-state index is 12.2. The van der Waals surface area contributed by atoms with E-state index in [2.05, 4.69) is 20.3 Å². The number of benzene rings is 1. The summed E-state index contributed by atoms with van der Waals surface area (Å²) in [4.78, 5) is 26.2. The average Bonchev–Trinajstić information content (AvgIpc) is 2.59. The van der Waals surface area contributed by atoms with Gasteiger partial charge in [-0.15, -0.1) is 4.98 Å². The number of aromatic nitrogens is 3. The van der Waals surface area contributed by atoms with Crippen LogP contribution in [0.1, 0.15) is 16.2 Å². The summed E-state index contributed by atoms with van der Waals surface area (Å²) in [6.45, 7) is 0.139. The van der Waals surface area contributed by atoms with Gasteiger partial charge in [-0.25, -0.2) is 0 Å². The molecule has 8 nitrogen and oxygen atoms in total. The summed E-state index contributed by atoms with van der Waals surface area (Å²) in [6.07, 6.45) is 0. The molecule has 0 spiro atoms. The normalized spacial score (nSPS) is 10.1. The summed E-state index contributed by atoms with van der Waals surface area (Å²) >= 11 is 0. The molecule has 0 atom stereocenters. The minimum Gasteiger partial charge on any atom is -0.467 e. The van der Waals surface area contributed by atoms with E-state index < -0.39 is 0 Å². The van der Waals surface area contributed by atoms with E-state index in [1.807, 2.05) is 37.2 Å². The lowest BCUT2D eigenvalue weighted by atomic mass is 10.2. The van der Waals surface area contributed by atoms with Gasteiger partial charge in [-0.1, -0.05) is 6.07 Å². The second-order valence-electron chi connectivity index (χ2n) is 4.85. The van der Waals surface area contributed by atoms with Gasteiger partial charge in [-0.2, -0.15) is 9.97 Å². The lowest BCUT2D eigenvalue weighted by Crippen LogP contribution is -2.24. The SMILES string of the molecule is COc1nc(CNC(=O)c2cccc(N(C)C)c2)nc(OC)n1. The van der Waals surface area contributed by atoms with Gasteiger partial charge in [-0.05, 0) is 18.2 Å². The molecule has 0 saturated heterocycles. The van der Waals surface area contributed by atoms with Gasteiger partial charge in [0.25, 0.3) is 5.91 Å². The zero-order valence-electron chi connectivity index (χ0n) is 13.5. The average molecular weight is 317 g/mol. The topological polar surface area (TPSA) is 89.5 Å². The van der Waals surface area contributed by atoms with E-state index >= 15 is 0 Å². The summed E-state index contributed by atoms with van der Waals surface area (Å²) in [5.41, 5.74) is 1.50.